The predicted molar refractivity (Wildman–Crippen MR) is 107 cm³/mol. The number of fused-ring (bicyclic) bond motifs is 1. The summed E-state index contributed by atoms with van der Waals surface area (Å²) in [5.74, 6) is -0.649. The van der Waals surface area contributed by atoms with E-state index in [2.05, 4.69) is 5.32 Å². The van der Waals surface area contributed by atoms with Crippen molar-refractivity contribution in [3.63, 3.8) is 0 Å². The molecule has 30 heavy (non-hydrogen) atoms. The van der Waals surface area contributed by atoms with Crippen LogP contribution in [-0.4, -0.2) is 66.1 Å². The molecule has 1 aromatic carbocycles. The summed E-state index contributed by atoms with van der Waals surface area (Å²) in [7, 11) is -1.06. The van der Waals surface area contributed by atoms with Crippen molar-refractivity contribution in [1.82, 2.24) is 10.2 Å². The Kier molecular flexibility index (Phi) is 7.19. The molecular formula is C19H26BFN4O5. The first kappa shape index (κ1) is 22.4. The maximum Gasteiger partial charge on any atom is 0.491 e. The van der Waals surface area contributed by atoms with Gasteiger partial charge in [-0.05, 0) is 48.8 Å². The third-order valence-electron chi connectivity index (χ3n) is 5.49. The molecule has 1 saturated heterocycles. The maximum absolute atomic E-state index is 13.0. The molecule has 162 valence electrons. The number of nitrogens with zero attached hydrogens (tertiary/aromatic N) is 1. The van der Waals surface area contributed by atoms with Gasteiger partial charge in [-0.1, -0.05) is 6.07 Å². The molecule has 0 saturated carbocycles. The fourth-order valence-corrected chi connectivity index (χ4v) is 3.79. The van der Waals surface area contributed by atoms with Crippen molar-refractivity contribution in [3.8, 4) is 0 Å². The second kappa shape index (κ2) is 9.65. The van der Waals surface area contributed by atoms with Crippen LogP contribution in [0.25, 0.3) is 0 Å². The molecule has 0 aliphatic carbocycles. The average Bonchev–Trinajstić information content (AvgIpc) is 3.29. The normalized spacial score (nSPS) is 21.5. The predicted octanol–water partition coefficient (Wildman–Crippen LogP) is -1.44. The van der Waals surface area contributed by atoms with Gasteiger partial charge in [-0.2, -0.15) is 4.39 Å². The number of likely N-dealkylation sites (tertiary alicyclic amines) is 1. The number of hydrogen-bond acceptors (Lipinski definition) is 7. The van der Waals surface area contributed by atoms with Crippen LogP contribution in [0.5, 0.6) is 0 Å². The zero-order valence-electron chi connectivity index (χ0n) is 16.6. The molecule has 1 aromatic rings. The molecule has 2 aliphatic rings. The molecule has 2 heterocycles. The van der Waals surface area contributed by atoms with Gasteiger partial charge in [0.1, 0.15) is 6.04 Å². The van der Waals surface area contributed by atoms with Crippen molar-refractivity contribution in [2.75, 3.05) is 13.1 Å². The molecule has 1 unspecified atom stereocenters. The summed E-state index contributed by atoms with van der Waals surface area (Å²) >= 11 is 0. The number of carbonyl (C=O) groups is 3. The number of rotatable bonds is 8. The molecule has 3 rings (SSSR count). The molecule has 2 aliphatic heterocycles. The van der Waals surface area contributed by atoms with Crippen molar-refractivity contribution in [3.05, 3.63) is 29.3 Å². The van der Waals surface area contributed by atoms with Crippen molar-refractivity contribution >= 4 is 30.4 Å². The second-order valence-electron chi connectivity index (χ2n) is 7.74. The number of amides is 2. The highest BCUT2D eigenvalue weighted by molar-refractivity contribution is 6.61. The summed E-state index contributed by atoms with van der Waals surface area (Å²) in [5.41, 5.74) is 13.1. The Morgan fingerprint density at radius 3 is 2.87 bits per heavy atom. The molecule has 3 atom stereocenters. The van der Waals surface area contributed by atoms with Gasteiger partial charge in [-0.25, -0.2) is 0 Å². The highest BCUT2D eigenvalue weighted by Gasteiger charge is 2.39. The van der Waals surface area contributed by atoms with Gasteiger partial charge in [-0.15, -0.1) is 0 Å². The summed E-state index contributed by atoms with van der Waals surface area (Å²) < 4.78 is 17.6. The largest absolute Gasteiger partial charge is 0.491 e. The standard InChI is InChI=1S/C19H26BFN4O5/c21-17(26)15(23)3-1-2-6-24-18(27)16-8-13(22)9-25(16)19(28)11-4-5-12-10-30-20(29)14(12)7-11/h4-5,7,13,15-16,29H,1-3,6,8-10,22-23H2,(H,24,27)/t13-,15-,16?/m0/s1. The summed E-state index contributed by atoms with van der Waals surface area (Å²) in [4.78, 5) is 37.6. The highest BCUT2D eigenvalue weighted by atomic mass is 19.1. The van der Waals surface area contributed by atoms with Gasteiger partial charge in [-0.3, -0.25) is 14.4 Å². The number of hydrogen-bond donors (Lipinski definition) is 4. The molecule has 2 amide bonds. The molecule has 1 fully saturated rings. The minimum Gasteiger partial charge on any atom is -0.423 e. The number of carbonyl (C=O) groups excluding carboxylic acids is 3. The quantitative estimate of drug-likeness (QED) is 0.229. The van der Waals surface area contributed by atoms with Crippen molar-refractivity contribution in [1.29, 1.82) is 0 Å². The lowest BCUT2D eigenvalue weighted by Gasteiger charge is -2.24. The smallest absolute Gasteiger partial charge is 0.423 e. The number of halogens is 1. The third kappa shape index (κ3) is 5.04. The first-order valence-corrected chi connectivity index (χ1v) is 9.99. The van der Waals surface area contributed by atoms with E-state index in [1.807, 2.05) is 0 Å². The molecule has 0 radical (unpaired) electrons. The van der Waals surface area contributed by atoms with Crippen LogP contribution >= 0.6 is 0 Å². The lowest BCUT2D eigenvalue weighted by Crippen LogP contribution is -2.46. The fraction of sp³-hybridized carbons (Fsp3) is 0.526. The molecule has 9 nitrogen and oxygen atoms in total. The van der Waals surface area contributed by atoms with Crippen molar-refractivity contribution in [2.45, 2.75) is 50.4 Å². The molecular weight excluding hydrogens is 394 g/mol. The van der Waals surface area contributed by atoms with E-state index in [9.17, 15) is 23.8 Å². The Labute approximate surface area is 174 Å². The fourth-order valence-electron chi connectivity index (χ4n) is 3.79. The summed E-state index contributed by atoms with van der Waals surface area (Å²) in [6.07, 6.45) is 1.57. The van der Waals surface area contributed by atoms with E-state index < -0.39 is 25.2 Å². The van der Waals surface area contributed by atoms with Crippen LogP contribution in [0.3, 0.4) is 0 Å². The van der Waals surface area contributed by atoms with Crippen LogP contribution in [0.4, 0.5) is 4.39 Å². The molecule has 11 heteroatoms. The Hall–Kier alpha value is -2.34. The van der Waals surface area contributed by atoms with E-state index >= 15 is 0 Å². The van der Waals surface area contributed by atoms with Crippen LogP contribution < -0.4 is 22.2 Å². The first-order chi connectivity index (χ1) is 14.3. The number of nitrogens with one attached hydrogen (secondary N) is 1. The lowest BCUT2D eigenvalue weighted by atomic mass is 9.78. The van der Waals surface area contributed by atoms with E-state index in [0.29, 0.717) is 36.8 Å². The van der Waals surface area contributed by atoms with Crippen LogP contribution in [0, 0.1) is 0 Å². The number of benzene rings is 1. The van der Waals surface area contributed by atoms with Crippen molar-refractivity contribution < 1.29 is 28.5 Å². The van der Waals surface area contributed by atoms with Crippen LogP contribution in [0.1, 0.15) is 41.6 Å². The minimum atomic E-state index is -1.54. The summed E-state index contributed by atoms with van der Waals surface area (Å²) in [5, 5.41) is 12.6. The Bertz CT molecular complexity index is 826. The Morgan fingerprint density at radius 1 is 1.37 bits per heavy atom. The topological polar surface area (TPSA) is 148 Å². The van der Waals surface area contributed by atoms with Gasteiger partial charge in [0.05, 0.1) is 12.6 Å². The van der Waals surface area contributed by atoms with Gasteiger partial charge in [0.15, 0.2) is 0 Å². The average molecular weight is 420 g/mol. The van der Waals surface area contributed by atoms with Crippen LogP contribution in [-0.2, 0) is 20.9 Å². The first-order valence-electron chi connectivity index (χ1n) is 9.99. The van der Waals surface area contributed by atoms with E-state index in [-0.39, 0.29) is 37.4 Å². The minimum absolute atomic E-state index is 0.206. The zero-order chi connectivity index (χ0) is 21.8. The third-order valence-corrected chi connectivity index (χ3v) is 5.49. The Balaban J connectivity index is 1.57. The SMILES string of the molecule is N[C@H]1CC(C(=O)NCCCC[C@H](N)C(=O)F)N(C(=O)c2ccc3c(c2)B(O)OC3)C1. The highest BCUT2D eigenvalue weighted by Crippen LogP contribution is 2.21. The van der Waals surface area contributed by atoms with Gasteiger partial charge >= 0.3 is 13.2 Å². The molecule has 0 spiro atoms. The lowest BCUT2D eigenvalue weighted by molar-refractivity contribution is -0.131. The molecule has 0 bridgehead atoms. The number of nitrogens with two attached hydrogens (primary N) is 2. The van der Waals surface area contributed by atoms with E-state index in [0.717, 1.165) is 5.56 Å². The van der Waals surface area contributed by atoms with Gasteiger partial charge in [0.25, 0.3) is 5.91 Å². The molecule has 6 N–H and O–H groups in total. The van der Waals surface area contributed by atoms with Gasteiger partial charge in [0.2, 0.25) is 5.91 Å². The Morgan fingerprint density at radius 2 is 2.13 bits per heavy atom. The summed E-state index contributed by atoms with van der Waals surface area (Å²) in [6.45, 7) is 0.859. The monoisotopic (exact) mass is 420 g/mol. The molecule has 0 aromatic heterocycles. The summed E-state index contributed by atoms with van der Waals surface area (Å²) in [6, 6.07) is 1.28. The van der Waals surface area contributed by atoms with Gasteiger partial charge in [0, 0.05) is 24.7 Å². The second-order valence-corrected chi connectivity index (χ2v) is 7.74. The maximum atomic E-state index is 13.0. The number of unbranched alkanes of at least 4 members (excludes halogenated alkanes) is 1. The van der Waals surface area contributed by atoms with Gasteiger partial charge < -0.3 is 31.4 Å². The zero-order valence-corrected chi connectivity index (χ0v) is 16.6. The van der Waals surface area contributed by atoms with E-state index in [1.54, 1.807) is 18.2 Å². The van der Waals surface area contributed by atoms with Crippen molar-refractivity contribution in [2.24, 2.45) is 11.5 Å². The van der Waals surface area contributed by atoms with Crippen LogP contribution in [0.15, 0.2) is 18.2 Å². The van der Waals surface area contributed by atoms with E-state index in [1.165, 1.54) is 4.90 Å². The van der Waals surface area contributed by atoms with Crippen LogP contribution in [0.2, 0.25) is 0 Å². The van der Waals surface area contributed by atoms with E-state index in [4.69, 9.17) is 16.1 Å².